The first-order chi connectivity index (χ1) is 7.72. The van der Waals surface area contributed by atoms with Crippen LogP contribution in [0.25, 0.3) is 0 Å². The third kappa shape index (κ3) is 12.6. The normalized spacial score (nSPS) is 9.59. The van der Waals surface area contributed by atoms with E-state index in [1.165, 1.54) is 0 Å². The van der Waals surface area contributed by atoms with Gasteiger partial charge in [0.05, 0.1) is 12.8 Å². The molecule has 0 amide bonds. The minimum absolute atomic E-state index is 0.296. The molecule has 0 fully saturated rings. The van der Waals surface area contributed by atoms with Crippen LogP contribution in [0.4, 0.5) is 0 Å². The van der Waals surface area contributed by atoms with Gasteiger partial charge in [0.25, 0.3) is 0 Å². The number of rotatable bonds is 5. The summed E-state index contributed by atoms with van der Waals surface area (Å²) in [6, 6.07) is 0. The van der Waals surface area contributed by atoms with Crippen molar-refractivity contribution >= 4 is 11.9 Å². The molecule has 0 bridgehead atoms. The van der Waals surface area contributed by atoms with Crippen molar-refractivity contribution in [3.8, 4) is 0 Å². The summed E-state index contributed by atoms with van der Waals surface area (Å²) in [5.41, 5.74) is 1.56. The molecule has 0 saturated heterocycles. The van der Waals surface area contributed by atoms with E-state index in [0.29, 0.717) is 0 Å². The summed E-state index contributed by atoms with van der Waals surface area (Å²) in [7, 11) is 0. The van der Waals surface area contributed by atoms with Crippen LogP contribution in [0.2, 0.25) is 0 Å². The van der Waals surface area contributed by atoms with Gasteiger partial charge in [0.2, 0.25) is 0 Å². The summed E-state index contributed by atoms with van der Waals surface area (Å²) >= 11 is 0. The van der Waals surface area contributed by atoms with Crippen molar-refractivity contribution in [2.24, 2.45) is 11.8 Å². The van der Waals surface area contributed by atoms with Gasteiger partial charge in [-0.25, -0.2) is 0 Å². The predicted molar refractivity (Wildman–Crippen MR) is 67.9 cm³/mol. The highest BCUT2D eigenvalue weighted by Crippen LogP contribution is 2.18. The lowest BCUT2D eigenvalue weighted by Crippen LogP contribution is -2.00. The van der Waals surface area contributed by atoms with E-state index in [1.54, 1.807) is 5.57 Å². The van der Waals surface area contributed by atoms with Crippen LogP contribution in [0, 0.1) is 11.8 Å². The van der Waals surface area contributed by atoms with E-state index in [-0.39, 0.29) is 12.8 Å². The fourth-order valence-corrected chi connectivity index (χ4v) is 1.55. The van der Waals surface area contributed by atoms with Gasteiger partial charge in [0.1, 0.15) is 0 Å². The topological polar surface area (TPSA) is 74.6 Å². The van der Waals surface area contributed by atoms with Crippen LogP contribution < -0.4 is 0 Å². The molecule has 0 aliphatic rings. The maximum absolute atomic E-state index is 9.64. The molecule has 100 valence electrons. The Hall–Kier alpha value is -1.32. The van der Waals surface area contributed by atoms with Crippen LogP contribution in [0.5, 0.6) is 0 Å². The molecule has 0 spiro atoms. The fraction of sp³-hybridized carbons (Fsp3) is 0.692. The zero-order valence-corrected chi connectivity index (χ0v) is 11.4. The molecular weight excluding hydrogens is 220 g/mol. The Morgan fingerprint density at radius 1 is 0.941 bits per heavy atom. The Kier molecular flexibility index (Phi) is 10.5. The molecule has 0 aliphatic carbocycles. The SMILES string of the molecule is CC=C(C(C)C)C(C)C.O=C(O)CCC(=O)O. The predicted octanol–water partition coefficient (Wildman–Crippen LogP) is 3.18. The third-order valence-corrected chi connectivity index (χ3v) is 2.22. The van der Waals surface area contributed by atoms with Crippen molar-refractivity contribution in [2.75, 3.05) is 0 Å². The monoisotopic (exact) mass is 244 g/mol. The number of aliphatic carboxylic acids is 2. The zero-order chi connectivity index (χ0) is 14.0. The van der Waals surface area contributed by atoms with Crippen LogP contribution in [-0.2, 0) is 9.59 Å². The number of allylic oxidation sites excluding steroid dienone is 2. The number of carbonyl (C=O) groups is 2. The van der Waals surface area contributed by atoms with Crippen LogP contribution in [0.1, 0.15) is 47.5 Å². The van der Waals surface area contributed by atoms with Crippen molar-refractivity contribution in [1.82, 2.24) is 0 Å². The van der Waals surface area contributed by atoms with Crippen molar-refractivity contribution in [3.63, 3.8) is 0 Å². The molecule has 0 saturated carbocycles. The number of hydrogen-bond donors (Lipinski definition) is 2. The molecule has 0 unspecified atom stereocenters. The highest BCUT2D eigenvalue weighted by atomic mass is 16.4. The lowest BCUT2D eigenvalue weighted by molar-refractivity contribution is -0.143. The lowest BCUT2D eigenvalue weighted by atomic mass is 9.93. The summed E-state index contributed by atoms with van der Waals surface area (Å²) in [5, 5.41) is 15.8. The first-order valence-electron chi connectivity index (χ1n) is 5.82. The smallest absolute Gasteiger partial charge is 0.303 e. The molecule has 4 heteroatoms. The van der Waals surface area contributed by atoms with Gasteiger partial charge in [0, 0.05) is 0 Å². The van der Waals surface area contributed by atoms with Crippen LogP contribution in [0.3, 0.4) is 0 Å². The van der Waals surface area contributed by atoms with Gasteiger partial charge in [-0.15, -0.1) is 0 Å². The van der Waals surface area contributed by atoms with Crippen LogP contribution in [0.15, 0.2) is 11.6 Å². The van der Waals surface area contributed by atoms with E-state index < -0.39 is 11.9 Å². The van der Waals surface area contributed by atoms with Crippen LogP contribution in [-0.4, -0.2) is 22.2 Å². The summed E-state index contributed by atoms with van der Waals surface area (Å²) in [6.07, 6.45) is 1.64. The molecule has 0 aliphatic heterocycles. The molecule has 0 aromatic heterocycles. The number of hydrogen-bond acceptors (Lipinski definition) is 2. The summed E-state index contributed by atoms with van der Waals surface area (Å²) < 4.78 is 0. The highest BCUT2D eigenvalue weighted by molar-refractivity contribution is 5.75. The number of carboxylic acid groups (broad SMARTS) is 2. The molecule has 4 nitrogen and oxygen atoms in total. The maximum atomic E-state index is 9.64. The van der Waals surface area contributed by atoms with Gasteiger partial charge in [0.15, 0.2) is 0 Å². The molecule has 0 atom stereocenters. The number of carboxylic acids is 2. The minimum atomic E-state index is -1.08. The fourth-order valence-electron chi connectivity index (χ4n) is 1.55. The second-order valence-electron chi connectivity index (χ2n) is 4.39. The molecule has 0 radical (unpaired) electrons. The van der Waals surface area contributed by atoms with Gasteiger partial charge in [-0.05, 0) is 18.8 Å². The summed E-state index contributed by atoms with van der Waals surface area (Å²) in [5.74, 6) is -0.718. The molecule has 2 N–H and O–H groups in total. The molecule has 17 heavy (non-hydrogen) atoms. The van der Waals surface area contributed by atoms with Crippen molar-refractivity contribution < 1.29 is 19.8 Å². The largest absolute Gasteiger partial charge is 0.481 e. The van der Waals surface area contributed by atoms with E-state index in [2.05, 4.69) is 40.7 Å². The van der Waals surface area contributed by atoms with Gasteiger partial charge >= 0.3 is 11.9 Å². The highest BCUT2D eigenvalue weighted by Gasteiger charge is 2.04. The van der Waals surface area contributed by atoms with Gasteiger partial charge in [-0.2, -0.15) is 0 Å². The van der Waals surface area contributed by atoms with E-state index in [1.807, 2.05) is 0 Å². The third-order valence-electron chi connectivity index (χ3n) is 2.22. The van der Waals surface area contributed by atoms with E-state index >= 15 is 0 Å². The Bertz CT molecular complexity index is 241. The molecular formula is C13H24O4. The second-order valence-corrected chi connectivity index (χ2v) is 4.39. The van der Waals surface area contributed by atoms with Gasteiger partial charge in [-0.3, -0.25) is 9.59 Å². The molecule has 0 aromatic rings. The maximum Gasteiger partial charge on any atom is 0.303 e. The van der Waals surface area contributed by atoms with Gasteiger partial charge in [-0.1, -0.05) is 39.3 Å². The van der Waals surface area contributed by atoms with E-state index in [4.69, 9.17) is 10.2 Å². The first kappa shape index (κ1) is 18.1. The summed E-state index contributed by atoms with van der Waals surface area (Å²) in [6.45, 7) is 11.1. The average molecular weight is 244 g/mol. The van der Waals surface area contributed by atoms with E-state index in [0.717, 1.165) is 11.8 Å². The average Bonchev–Trinajstić information content (AvgIpc) is 2.15. The first-order valence-corrected chi connectivity index (χ1v) is 5.82. The molecule has 0 rings (SSSR count). The molecule has 0 heterocycles. The Morgan fingerprint density at radius 3 is 1.29 bits per heavy atom. The Morgan fingerprint density at radius 2 is 1.24 bits per heavy atom. The quantitative estimate of drug-likeness (QED) is 0.728. The van der Waals surface area contributed by atoms with Crippen LogP contribution >= 0.6 is 0 Å². The Balaban J connectivity index is 0. The molecule has 0 aromatic carbocycles. The Labute approximate surface area is 103 Å². The van der Waals surface area contributed by atoms with Gasteiger partial charge < -0.3 is 10.2 Å². The zero-order valence-electron chi connectivity index (χ0n) is 11.4. The standard InChI is InChI=1S/C9H18.C4H6O4/c1-6-9(7(2)3)8(4)5;5-3(6)1-2-4(7)8/h6-8H,1-5H3;1-2H2,(H,5,6)(H,7,8). The second kappa shape index (κ2) is 9.87. The van der Waals surface area contributed by atoms with Crippen molar-refractivity contribution in [1.29, 1.82) is 0 Å². The summed E-state index contributed by atoms with van der Waals surface area (Å²) in [4.78, 5) is 19.3. The van der Waals surface area contributed by atoms with Crippen molar-refractivity contribution in [2.45, 2.75) is 47.5 Å². The lowest BCUT2D eigenvalue weighted by Gasteiger charge is -2.13. The minimum Gasteiger partial charge on any atom is -0.481 e. The van der Waals surface area contributed by atoms with Crippen molar-refractivity contribution in [3.05, 3.63) is 11.6 Å². The van der Waals surface area contributed by atoms with E-state index in [9.17, 15) is 9.59 Å².